The van der Waals surface area contributed by atoms with Gasteiger partial charge in [-0.3, -0.25) is 0 Å². The highest BCUT2D eigenvalue weighted by Gasteiger charge is 2.07. The minimum atomic E-state index is 0.176. The second-order valence-electron chi connectivity index (χ2n) is 4.42. The molecule has 98 valence electrons. The maximum Gasteiger partial charge on any atom is 0.162 e. The third kappa shape index (κ3) is 2.44. The number of anilines is 1. The Bertz CT molecular complexity index is 742. The fraction of sp³-hybridized carbons (Fsp3) is 0. The molecule has 0 aliphatic rings. The van der Waals surface area contributed by atoms with Crippen molar-refractivity contribution in [2.75, 3.05) is 5.73 Å². The lowest BCUT2D eigenvalue weighted by Gasteiger charge is -2.06. The number of nitrogen functional groups attached to an aromatic ring is 1. The average Bonchev–Trinajstić information content (AvgIpc) is 2.47. The molecule has 3 aromatic rings. The van der Waals surface area contributed by atoms with Crippen molar-refractivity contribution in [3.63, 3.8) is 0 Å². The van der Waals surface area contributed by atoms with Crippen LogP contribution in [0.25, 0.3) is 22.6 Å². The Hall–Kier alpha value is -2.88. The third-order valence-corrected chi connectivity index (χ3v) is 2.92. The van der Waals surface area contributed by atoms with Gasteiger partial charge in [0.15, 0.2) is 5.82 Å². The van der Waals surface area contributed by atoms with E-state index >= 15 is 0 Å². The van der Waals surface area contributed by atoms with Gasteiger partial charge in [0.25, 0.3) is 0 Å². The highest BCUT2D eigenvalue weighted by molar-refractivity contribution is 5.67. The number of hydrogen-bond acceptors (Lipinski definition) is 4. The predicted octanol–water partition coefficient (Wildman–Crippen LogP) is 3.10. The van der Waals surface area contributed by atoms with Gasteiger partial charge < -0.3 is 10.8 Å². The Morgan fingerprint density at radius 1 is 0.800 bits per heavy atom. The van der Waals surface area contributed by atoms with Crippen LogP contribution in [-0.4, -0.2) is 15.1 Å². The fourth-order valence-corrected chi connectivity index (χ4v) is 2.00. The molecule has 0 aliphatic heterocycles. The van der Waals surface area contributed by atoms with E-state index in [0.717, 1.165) is 16.8 Å². The second kappa shape index (κ2) is 5.01. The first-order valence-corrected chi connectivity index (χ1v) is 6.22. The van der Waals surface area contributed by atoms with E-state index in [0.29, 0.717) is 11.6 Å². The number of hydrogen-bond donors (Lipinski definition) is 2. The molecule has 4 nitrogen and oxygen atoms in total. The largest absolute Gasteiger partial charge is 0.508 e. The molecule has 0 fully saturated rings. The van der Waals surface area contributed by atoms with Crippen LogP contribution in [-0.2, 0) is 0 Å². The molecule has 0 spiro atoms. The molecule has 0 unspecified atom stereocenters. The van der Waals surface area contributed by atoms with Crippen LogP contribution in [0.3, 0.4) is 0 Å². The zero-order chi connectivity index (χ0) is 13.9. The Labute approximate surface area is 116 Å². The smallest absolute Gasteiger partial charge is 0.162 e. The third-order valence-electron chi connectivity index (χ3n) is 2.92. The van der Waals surface area contributed by atoms with Crippen LogP contribution in [0.4, 0.5) is 5.82 Å². The van der Waals surface area contributed by atoms with Crippen molar-refractivity contribution < 1.29 is 5.11 Å². The minimum absolute atomic E-state index is 0.176. The minimum Gasteiger partial charge on any atom is -0.508 e. The molecule has 0 bridgehead atoms. The summed E-state index contributed by atoms with van der Waals surface area (Å²) in [6.45, 7) is 0. The molecule has 1 aromatic heterocycles. The van der Waals surface area contributed by atoms with Crippen LogP contribution in [0, 0.1) is 0 Å². The van der Waals surface area contributed by atoms with Gasteiger partial charge in [-0.25, -0.2) is 9.97 Å². The number of nitrogens with zero attached hydrogens (tertiary/aromatic N) is 2. The number of rotatable bonds is 2. The summed E-state index contributed by atoms with van der Waals surface area (Å²) in [4.78, 5) is 8.74. The van der Waals surface area contributed by atoms with Gasteiger partial charge >= 0.3 is 0 Å². The van der Waals surface area contributed by atoms with Gasteiger partial charge in [-0.15, -0.1) is 0 Å². The van der Waals surface area contributed by atoms with E-state index in [-0.39, 0.29) is 5.75 Å². The molecule has 0 aliphatic carbocycles. The van der Waals surface area contributed by atoms with Crippen LogP contribution in [0.5, 0.6) is 5.75 Å². The van der Waals surface area contributed by atoms with E-state index < -0.39 is 0 Å². The monoisotopic (exact) mass is 263 g/mol. The summed E-state index contributed by atoms with van der Waals surface area (Å²) in [5.74, 6) is 1.08. The lowest BCUT2D eigenvalue weighted by atomic mass is 10.1. The normalized spacial score (nSPS) is 10.4. The maximum absolute atomic E-state index is 9.54. The van der Waals surface area contributed by atoms with Crippen molar-refractivity contribution >= 4 is 5.82 Å². The molecule has 2 aromatic carbocycles. The standard InChI is InChI=1S/C16H13N3O/c17-15-10-14(11-5-2-1-3-6-11)18-16(19-15)12-7-4-8-13(20)9-12/h1-10,20H,(H2,17,18,19). The van der Waals surface area contributed by atoms with E-state index in [2.05, 4.69) is 9.97 Å². The van der Waals surface area contributed by atoms with Crippen molar-refractivity contribution in [1.29, 1.82) is 0 Å². The van der Waals surface area contributed by atoms with E-state index in [9.17, 15) is 5.11 Å². The van der Waals surface area contributed by atoms with Gasteiger partial charge in [0.05, 0.1) is 5.69 Å². The lowest BCUT2D eigenvalue weighted by Crippen LogP contribution is -1.97. The van der Waals surface area contributed by atoms with Crippen molar-refractivity contribution in [1.82, 2.24) is 9.97 Å². The molecule has 0 atom stereocenters. The summed E-state index contributed by atoms with van der Waals surface area (Å²) in [5, 5.41) is 9.54. The number of phenols is 1. The molecule has 3 N–H and O–H groups in total. The average molecular weight is 263 g/mol. The molecule has 0 amide bonds. The maximum atomic E-state index is 9.54. The van der Waals surface area contributed by atoms with E-state index in [1.165, 1.54) is 0 Å². The Morgan fingerprint density at radius 2 is 1.55 bits per heavy atom. The van der Waals surface area contributed by atoms with Gasteiger partial charge in [-0.05, 0) is 12.1 Å². The van der Waals surface area contributed by atoms with Crippen LogP contribution in [0.15, 0.2) is 60.7 Å². The highest BCUT2D eigenvalue weighted by Crippen LogP contribution is 2.24. The molecular weight excluding hydrogens is 250 g/mol. The van der Waals surface area contributed by atoms with E-state index in [1.807, 2.05) is 36.4 Å². The van der Waals surface area contributed by atoms with Crippen molar-refractivity contribution in [3.05, 3.63) is 60.7 Å². The van der Waals surface area contributed by atoms with E-state index in [1.54, 1.807) is 24.3 Å². The van der Waals surface area contributed by atoms with Crippen LogP contribution in [0.2, 0.25) is 0 Å². The number of nitrogens with two attached hydrogens (primary N) is 1. The summed E-state index contributed by atoms with van der Waals surface area (Å²) in [5.41, 5.74) is 8.33. The summed E-state index contributed by atoms with van der Waals surface area (Å²) in [7, 11) is 0. The summed E-state index contributed by atoms with van der Waals surface area (Å²) < 4.78 is 0. The number of benzene rings is 2. The summed E-state index contributed by atoms with van der Waals surface area (Å²) in [6.07, 6.45) is 0. The zero-order valence-electron chi connectivity index (χ0n) is 10.7. The first kappa shape index (κ1) is 12.2. The second-order valence-corrected chi connectivity index (χ2v) is 4.42. The number of aromatic hydroxyl groups is 1. The topological polar surface area (TPSA) is 72.0 Å². The highest BCUT2D eigenvalue weighted by atomic mass is 16.3. The van der Waals surface area contributed by atoms with Gasteiger partial charge in [0.1, 0.15) is 11.6 Å². The van der Waals surface area contributed by atoms with Crippen molar-refractivity contribution in [2.45, 2.75) is 0 Å². The van der Waals surface area contributed by atoms with Gasteiger partial charge in [0, 0.05) is 17.2 Å². The van der Waals surface area contributed by atoms with E-state index in [4.69, 9.17) is 5.73 Å². The van der Waals surface area contributed by atoms with Crippen molar-refractivity contribution in [2.24, 2.45) is 0 Å². The molecule has 20 heavy (non-hydrogen) atoms. The van der Waals surface area contributed by atoms with Gasteiger partial charge in [0.2, 0.25) is 0 Å². The SMILES string of the molecule is Nc1cc(-c2ccccc2)nc(-c2cccc(O)c2)n1. The predicted molar refractivity (Wildman–Crippen MR) is 79.0 cm³/mol. The van der Waals surface area contributed by atoms with Crippen LogP contribution < -0.4 is 5.73 Å². The first-order valence-electron chi connectivity index (χ1n) is 6.22. The van der Waals surface area contributed by atoms with Gasteiger partial charge in [-0.1, -0.05) is 42.5 Å². The quantitative estimate of drug-likeness (QED) is 0.745. The fourth-order valence-electron chi connectivity index (χ4n) is 2.00. The van der Waals surface area contributed by atoms with Crippen LogP contribution in [0.1, 0.15) is 0 Å². The lowest BCUT2D eigenvalue weighted by molar-refractivity contribution is 0.475. The summed E-state index contributed by atoms with van der Waals surface area (Å²) >= 11 is 0. The first-order chi connectivity index (χ1) is 9.72. The molecular formula is C16H13N3O. The van der Waals surface area contributed by atoms with Gasteiger partial charge in [-0.2, -0.15) is 0 Å². The Morgan fingerprint density at radius 3 is 2.30 bits per heavy atom. The molecule has 4 heteroatoms. The Kier molecular flexibility index (Phi) is 3.05. The molecule has 0 radical (unpaired) electrons. The molecule has 1 heterocycles. The zero-order valence-corrected chi connectivity index (χ0v) is 10.7. The molecule has 0 saturated carbocycles. The number of aromatic nitrogens is 2. The summed E-state index contributed by atoms with van der Waals surface area (Å²) in [6, 6.07) is 18.3. The van der Waals surface area contributed by atoms with Crippen LogP contribution >= 0.6 is 0 Å². The van der Waals surface area contributed by atoms with Crippen molar-refractivity contribution in [3.8, 4) is 28.4 Å². The Balaban J connectivity index is 2.12. The molecule has 3 rings (SSSR count). The molecule has 0 saturated heterocycles. The number of phenolic OH excluding ortho intramolecular Hbond substituents is 1.